The molecule has 0 aliphatic heterocycles. The van der Waals surface area contributed by atoms with E-state index in [4.69, 9.17) is 10.5 Å². The summed E-state index contributed by atoms with van der Waals surface area (Å²) >= 11 is 0. The summed E-state index contributed by atoms with van der Waals surface area (Å²) in [6, 6.07) is 19.2. The van der Waals surface area contributed by atoms with Gasteiger partial charge in [-0.25, -0.2) is 4.90 Å². The number of allylic oxidation sites excluding steroid dienone is 2. The molecule has 0 amide bonds. The normalized spacial score (nSPS) is 19.7. The van der Waals surface area contributed by atoms with E-state index in [0.717, 1.165) is 11.1 Å². The molecular weight excluding hydrogens is 382 g/mol. The van der Waals surface area contributed by atoms with Crippen molar-refractivity contribution in [3.05, 3.63) is 106 Å². The van der Waals surface area contributed by atoms with E-state index >= 15 is 0 Å². The van der Waals surface area contributed by atoms with Crippen LogP contribution in [0.5, 0.6) is 0 Å². The number of nitrogens with zero attached hydrogens (tertiary/aromatic N) is 2. The predicted molar refractivity (Wildman–Crippen MR) is 114 cm³/mol. The fraction of sp³-hybridized carbons (Fsp3) is 0.304. The average molecular weight is 409 g/mol. The van der Waals surface area contributed by atoms with E-state index < -0.39 is 11.8 Å². The van der Waals surface area contributed by atoms with E-state index in [0.29, 0.717) is 18.8 Å². The van der Waals surface area contributed by atoms with Crippen LogP contribution in [-0.4, -0.2) is 33.3 Å². The minimum atomic E-state index is -1.66. The topological polar surface area (TPSA) is 102 Å². The van der Waals surface area contributed by atoms with Crippen LogP contribution in [0.25, 0.3) is 0 Å². The zero-order valence-electron chi connectivity index (χ0n) is 17.0. The zero-order valence-corrected chi connectivity index (χ0v) is 17.0. The number of ether oxygens (including phenoxy) is 1. The molecule has 2 unspecified atom stereocenters. The highest BCUT2D eigenvalue weighted by molar-refractivity contribution is 5.30. The SMILES string of the molecule is CC(O)COC1=CC=C(N)C(N(Cc2ccccc2)Cc2ccccc2)([N+](=O)[O-])C1. The minimum Gasteiger partial charge on any atom is -0.495 e. The van der Waals surface area contributed by atoms with Crippen LogP contribution in [0.1, 0.15) is 24.5 Å². The largest absolute Gasteiger partial charge is 0.495 e. The van der Waals surface area contributed by atoms with Crippen LogP contribution in [-0.2, 0) is 17.8 Å². The molecule has 3 rings (SSSR count). The van der Waals surface area contributed by atoms with E-state index in [9.17, 15) is 15.2 Å². The molecule has 2 atom stereocenters. The number of rotatable bonds is 9. The van der Waals surface area contributed by atoms with Gasteiger partial charge in [0.1, 0.15) is 18.1 Å². The van der Waals surface area contributed by atoms with Crippen molar-refractivity contribution in [1.82, 2.24) is 4.90 Å². The summed E-state index contributed by atoms with van der Waals surface area (Å²) in [6.45, 7) is 2.35. The van der Waals surface area contributed by atoms with Gasteiger partial charge in [0.2, 0.25) is 0 Å². The third-order valence-electron chi connectivity index (χ3n) is 5.10. The number of hydrogen-bond donors (Lipinski definition) is 2. The first-order chi connectivity index (χ1) is 14.4. The van der Waals surface area contributed by atoms with Crippen molar-refractivity contribution in [2.24, 2.45) is 5.73 Å². The monoisotopic (exact) mass is 409 g/mol. The highest BCUT2D eigenvalue weighted by Crippen LogP contribution is 2.36. The van der Waals surface area contributed by atoms with Crippen LogP contribution in [0.2, 0.25) is 0 Å². The molecule has 1 aliphatic rings. The van der Waals surface area contributed by atoms with Crippen LogP contribution in [0.3, 0.4) is 0 Å². The maximum Gasteiger partial charge on any atom is 0.324 e. The molecule has 158 valence electrons. The van der Waals surface area contributed by atoms with Crippen molar-refractivity contribution in [2.45, 2.75) is 38.2 Å². The Balaban J connectivity index is 1.99. The number of hydrogen-bond acceptors (Lipinski definition) is 6. The van der Waals surface area contributed by atoms with E-state index in [1.54, 1.807) is 17.9 Å². The molecule has 30 heavy (non-hydrogen) atoms. The van der Waals surface area contributed by atoms with E-state index in [1.807, 2.05) is 60.7 Å². The van der Waals surface area contributed by atoms with Gasteiger partial charge < -0.3 is 15.6 Å². The van der Waals surface area contributed by atoms with Crippen molar-refractivity contribution in [1.29, 1.82) is 0 Å². The molecule has 2 aromatic rings. The Hall–Kier alpha value is -3.16. The minimum absolute atomic E-state index is 0.0191. The molecule has 7 heteroatoms. The molecule has 0 radical (unpaired) electrons. The van der Waals surface area contributed by atoms with Crippen LogP contribution in [0, 0.1) is 10.1 Å². The van der Waals surface area contributed by atoms with Crippen molar-refractivity contribution in [3.8, 4) is 0 Å². The van der Waals surface area contributed by atoms with E-state index in [2.05, 4.69) is 0 Å². The Bertz CT molecular complexity index is 871. The fourth-order valence-electron chi connectivity index (χ4n) is 3.55. The summed E-state index contributed by atoms with van der Waals surface area (Å²) in [7, 11) is 0. The van der Waals surface area contributed by atoms with Gasteiger partial charge in [0.15, 0.2) is 0 Å². The lowest BCUT2D eigenvalue weighted by Crippen LogP contribution is -2.58. The first-order valence-electron chi connectivity index (χ1n) is 9.87. The van der Waals surface area contributed by atoms with E-state index in [-0.39, 0.29) is 23.6 Å². The molecule has 0 saturated carbocycles. The maximum atomic E-state index is 12.5. The number of nitro groups is 1. The molecule has 0 bridgehead atoms. The molecule has 1 aliphatic carbocycles. The number of aliphatic hydroxyl groups excluding tert-OH is 1. The summed E-state index contributed by atoms with van der Waals surface area (Å²) < 4.78 is 5.63. The highest BCUT2D eigenvalue weighted by atomic mass is 16.6. The Kier molecular flexibility index (Phi) is 6.87. The molecule has 0 heterocycles. The van der Waals surface area contributed by atoms with E-state index in [1.165, 1.54) is 6.08 Å². The third kappa shape index (κ3) is 4.87. The summed E-state index contributed by atoms with van der Waals surface area (Å²) in [4.78, 5) is 14.0. The van der Waals surface area contributed by atoms with Gasteiger partial charge in [0.25, 0.3) is 0 Å². The first kappa shape index (κ1) is 21.5. The summed E-state index contributed by atoms with van der Waals surface area (Å²) in [5.41, 5.74) is 6.66. The van der Waals surface area contributed by atoms with Crippen molar-refractivity contribution in [3.63, 3.8) is 0 Å². The third-order valence-corrected chi connectivity index (χ3v) is 5.10. The highest BCUT2D eigenvalue weighted by Gasteiger charge is 2.53. The molecule has 2 aromatic carbocycles. The second-order valence-corrected chi connectivity index (χ2v) is 7.49. The average Bonchev–Trinajstić information content (AvgIpc) is 2.74. The maximum absolute atomic E-state index is 12.5. The lowest BCUT2D eigenvalue weighted by molar-refractivity contribution is -0.592. The van der Waals surface area contributed by atoms with Gasteiger partial charge in [-0.05, 0) is 30.2 Å². The molecule has 7 nitrogen and oxygen atoms in total. The summed E-state index contributed by atoms with van der Waals surface area (Å²) in [6.07, 6.45) is 2.48. The van der Waals surface area contributed by atoms with Crippen molar-refractivity contribution < 1.29 is 14.8 Å². The number of nitrogens with two attached hydrogens (primary N) is 1. The van der Waals surface area contributed by atoms with Gasteiger partial charge in [0.05, 0.1) is 12.5 Å². The van der Waals surface area contributed by atoms with Gasteiger partial charge in [-0.3, -0.25) is 10.1 Å². The molecule has 0 spiro atoms. The van der Waals surface area contributed by atoms with Crippen LogP contribution in [0.15, 0.2) is 84.3 Å². The quantitative estimate of drug-likeness (QED) is 0.375. The second kappa shape index (κ2) is 9.56. The Morgan fingerprint density at radius 3 is 2.10 bits per heavy atom. The van der Waals surface area contributed by atoms with Crippen LogP contribution < -0.4 is 5.73 Å². The van der Waals surface area contributed by atoms with Crippen molar-refractivity contribution in [2.75, 3.05) is 6.61 Å². The lowest BCUT2D eigenvalue weighted by Gasteiger charge is -2.38. The molecule has 0 saturated heterocycles. The molecule has 3 N–H and O–H groups in total. The standard InChI is InChI=1S/C23H27N3O4/c1-18(27)17-30-21-12-13-22(24)23(14-21,26(28)29)25(15-19-8-4-2-5-9-19)16-20-10-6-3-7-11-20/h2-13,18,27H,14-17,24H2,1H3. The second-order valence-electron chi connectivity index (χ2n) is 7.49. The molecule has 0 aromatic heterocycles. The zero-order chi connectivity index (χ0) is 21.6. The van der Waals surface area contributed by atoms with Gasteiger partial charge >= 0.3 is 5.66 Å². The smallest absolute Gasteiger partial charge is 0.324 e. The molecular formula is C23H27N3O4. The summed E-state index contributed by atoms with van der Waals surface area (Å²) in [5.74, 6) is 0.424. The Morgan fingerprint density at radius 2 is 1.63 bits per heavy atom. The fourth-order valence-corrected chi connectivity index (χ4v) is 3.55. The van der Waals surface area contributed by atoms with Crippen LogP contribution >= 0.6 is 0 Å². The van der Waals surface area contributed by atoms with Crippen LogP contribution in [0.4, 0.5) is 0 Å². The lowest BCUT2D eigenvalue weighted by atomic mass is 9.92. The van der Waals surface area contributed by atoms with Gasteiger partial charge in [-0.2, -0.15) is 0 Å². The molecule has 0 fully saturated rings. The van der Waals surface area contributed by atoms with Crippen molar-refractivity contribution >= 4 is 0 Å². The predicted octanol–water partition coefficient (Wildman–Crippen LogP) is 3.19. The first-order valence-corrected chi connectivity index (χ1v) is 9.87. The Labute approximate surface area is 176 Å². The van der Waals surface area contributed by atoms with Gasteiger partial charge in [-0.15, -0.1) is 0 Å². The number of aliphatic hydroxyl groups is 1. The van der Waals surface area contributed by atoms with Gasteiger partial charge in [0, 0.05) is 18.0 Å². The van der Waals surface area contributed by atoms with Gasteiger partial charge in [-0.1, -0.05) is 60.7 Å². The number of benzene rings is 2. The summed E-state index contributed by atoms with van der Waals surface area (Å²) in [5, 5.41) is 22.0. The Morgan fingerprint density at radius 1 is 1.10 bits per heavy atom.